The molecular formula is C22H16F2N4O. The molecule has 5 rings (SSSR count). The average molecular weight is 392 g/mol. The van der Waals surface area contributed by atoms with Crippen LogP contribution in [0.2, 0.25) is 0 Å². The summed E-state index contributed by atoms with van der Waals surface area (Å²) in [6, 6.07) is 10.8. The van der Waals surface area contributed by atoms with Gasteiger partial charge >= 0.3 is 0 Å². The van der Waals surface area contributed by atoms with Crippen LogP contribution in [0.5, 0.6) is 0 Å². The van der Waals surface area contributed by atoms with Crippen molar-refractivity contribution in [3.63, 3.8) is 0 Å². The van der Waals surface area contributed by atoms with Crippen molar-refractivity contribution in [2.24, 2.45) is 7.05 Å². The maximum absolute atomic E-state index is 15.0. The lowest BCUT2D eigenvalue weighted by atomic mass is 9.99. The molecule has 0 atom stereocenters. The molecule has 0 aliphatic carbocycles. The fraction of sp³-hybridized carbons (Fsp3) is 0.136. The van der Waals surface area contributed by atoms with Gasteiger partial charge in [-0.1, -0.05) is 12.1 Å². The number of amides is 1. The van der Waals surface area contributed by atoms with Gasteiger partial charge in [0.05, 0.1) is 38.8 Å². The topological polar surface area (TPSA) is 51.0 Å². The summed E-state index contributed by atoms with van der Waals surface area (Å²) in [4.78, 5) is 17.4. The molecule has 29 heavy (non-hydrogen) atoms. The highest BCUT2D eigenvalue weighted by atomic mass is 19.1. The number of aryl methyl sites for hydroxylation is 1. The second-order valence-corrected chi connectivity index (χ2v) is 6.83. The second-order valence-electron chi connectivity index (χ2n) is 6.83. The van der Waals surface area contributed by atoms with Gasteiger partial charge in [-0.3, -0.25) is 14.5 Å². The van der Waals surface area contributed by atoms with Crippen LogP contribution >= 0.6 is 0 Å². The Labute approximate surface area is 168 Å². The predicted molar refractivity (Wildman–Crippen MR) is 104 cm³/mol. The van der Waals surface area contributed by atoms with Crippen molar-refractivity contribution in [3.8, 4) is 11.1 Å². The number of fused-ring (bicyclic) bond motifs is 2. The van der Waals surface area contributed by atoms with Crippen LogP contribution in [0, 0.1) is 11.6 Å². The quantitative estimate of drug-likeness (QED) is 0.528. The average Bonchev–Trinajstić information content (AvgIpc) is 3.21. The highest BCUT2D eigenvalue weighted by molar-refractivity contribution is 5.97. The van der Waals surface area contributed by atoms with Crippen molar-refractivity contribution in [1.82, 2.24) is 19.7 Å². The Morgan fingerprint density at radius 2 is 1.90 bits per heavy atom. The first kappa shape index (κ1) is 15.3. The summed E-state index contributed by atoms with van der Waals surface area (Å²) in [7, 11) is 1.78. The number of rotatable bonds is 3. The van der Waals surface area contributed by atoms with Gasteiger partial charge in [0, 0.05) is 24.2 Å². The number of hydrogen-bond acceptors (Lipinski definition) is 3. The van der Waals surface area contributed by atoms with Crippen molar-refractivity contribution in [2.45, 2.75) is 13.0 Å². The maximum atomic E-state index is 15.0. The Morgan fingerprint density at radius 1 is 1.14 bits per heavy atom. The van der Waals surface area contributed by atoms with E-state index in [1.807, 2.05) is 6.07 Å². The van der Waals surface area contributed by atoms with Gasteiger partial charge in [0.25, 0.3) is 5.91 Å². The van der Waals surface area contributed by atoms with Gasteiger partial charge in [-0.25, -0.2) is 8.78 Å². The molecule has 3 heterocycles. The minimum atomic E-state index is -2.27. The van der Waals surface area contributed by atoms with Gasteiger partial charge in [-0.15, -0.1) is 0 Å². The zero-order valence-electron chi connectivity index (χ0n) is 17.4. The molecule has 0 fully saturated rings. The van der Waals surface area contributed by atoms with Crippen molar-refractivity contribution in [1.29, 1.82) is 0 Å². The number of hydrogen-bond donors (Lipinski definition) is 0. The highest BCUT2D eigenvalue weighted by Crippen LogP contribution is 2.32. The summed E-state index contributed by atoms with van der Waals surface area (Å²) in [6.45, 7) is -2.83. The van der Waals surface area contributed by atoms with Crippen LogP contribution < -0.4 is 0 Å². The van der Waals surface area contributed by atoms with Crippen molar-refractivity contribution in [3.05, 3.63) is 83.3 Å². The summed E-state index contributed by atoms with van der Waals surface area (Å²) >= 11 is 0. The predicted octanol–water partition coefficient (Wildman–Crippen LogP) is 4.07. The minimum absolute atomic E-state index is 0.0549. The molecule has 4 aromatic rings. The first-order chi connectivity index (χ1) is 14.8. The lowest BCUT2D eigenvalue weighted by Crippen LogP contribution is -2.24. The Kier molecular flexibility index (Phi) is 3.42. The van der Waals surface area contributed by atoms with Gasteiger partial charge in [0.1, 0.15) is 11.6 Å². The van der Waals surface area contributed by atoms with E-state index in [0.29, 0.717) is 11.1 Å². The summed E-state index contributed by atoms with van der Waals surface area (Å²) in [6.07, 6.45) is 3.01. The van der Waals surface area contributed by atoms with Crippen LogP contribution in [0.3, 0.4) is 0 Å². The van der Waals surface area contributed by atoms with Crippen LogP contribution in [0.25, 0.3) is 22.0 Å². The van der Waals surface area contributed by atoms with Gasteiger partial charge in [-0.05, 0) is 41.5 Å². The number of pyridine rings is 1. The maximum Gasteiger partial charge on any atom is 0.256 e. The number of halogens is 2. The smallest absolute Gasteiger partial charge is 0.256 e. The molecule has 2 aromatic heterocycles. The van der Waals surface area contributed by atoms with Crippen LogP contribution in [0.4, 0.5) is 8.78 Å². The standard InChI is InChI=1S/C22H16F2N4O/c1-27-21-6-2-4-14(16(21)10-26-27)13-8-18(23)17(19(24)9-13)11-28-12-20-15(22(28)29)5-3-7-25-20/h2-10H,11-12H2,1H3/i12D2. The number of carbonyl (C=O) groups is 1. The van der Waals surface area contributed by atoms with Crippen molar-refractivity contribution >= 4 is 16.8 Å². The van der Waals surface area contributed by atoms with E-state index in [9.17, 15) is 4.79 Å². The molecule has 0 bridgehead atoms. The molecule has 1 aliphatic rings. The third-order valence-electron chi connectivity index (χ3n) is 5.08. The number of nitrogens with zero attached hydrogens (tertiary/aromatic N) is 4. The van der Waals surface area contributed by atoms with Gasteiger partial charge in [0.2, 0.25) is 0 Å². The van der Waals surface area contributed by atoms with E-state index in [2.05, 4.69) is 10.1 Å². The second kappa shape index (κ2) is 6.48. The van der Waals surface area contributed by atoms with E-state index in [4.69, 9.17) is 2.74 Å². The van der Waals surface area contributed by atoms with E-state index in [-0.39, 0.29) is 16.8 Å². The van der Waals surface area contributed by atoms with E-state index >= 15 is 8.78 Å². The third kappa shape index (κ3) is 2.77. The largest absolute Gasteiger partial charge is 0.328 e. The molecule has 0 saturated carbocycles. The third-order valence-corrected chi connectivity index (χ3v) is 5.08. The number of benzene rings is 2. The fourth-order valence-corrected chi connectivity index (χ4v) is 3.60. The van der Waals surface area contributed by atoms with Gasteiger partial charge in [0.15, 0.2) is 0 Å². The SMILES string of the molecule is [2H]C1([2H])c2ncccc2C(=O)N1Cc1c(F)cc(-c2cccc3c2cnn3C)cc1F. The van der Waals surface area contributed by atoms with Crippen LogP contribution in [-0.4, -0.2) is 25.6 Å². The first-order valence-corrected chi connectivity index (χ1v) is 8.95. The van der Waals surface area contributed by atoms with Gasteiger partial charge < -0.3 is 4.90 Å². The molecule has 0 radical (unpaired) electrons. The summed E-state index contributed by atoms with van der Waals surface area (Å²) in [5.41, 5.74) is 1.43. The Balaban J connectivity index is 1.55. The summed E-state index contributed by atoms with van der Waals surface area (Å²) in [5.74, 6) is -2.37. The number of carbonyl (C=O) groups excluding carboxylic acids is 1. The van der Waals surface area contributed by atoms with Crippen LogP contribution in [0.1, 0.15) is 24.4 Å². The molecule has 1 amide bonds. The van der Waals surface area contributed by atoms with E-state index in [1.54, 1.807) is 30.1 Å². The van der Waals surface area contributed by atoms with Gasteiger partial charge in [-0.2, -0.15) is 5.10 Å². The van der Waals surface area contributed by atoms with E-state index < -0.39 is 30.6 Å². The Hall–Kier alpha value is -3.61. The molecule has 144 valence electrons. The molecule has 0 spiro atoms. The monoisotopic (exact) mass is 392 g/mol. The molecular weight excluding hydrogens is 374 g/mol. The van der Waals surface area contributed by atoms with E-state index in [0.717, 1.165) is 15.8 Å². The van der Waals surface area contributed by atoms with E-state index in [1.165, 1.54) is 30.5 Å². The molecule has 2 aromatic carbocycles. The summed E-state index contributed by atoms with van der Waals surface area (Å²) < 4.78 is 48.3. The highest BCUT2D eigenvalue weighted by Gasteiger charge is 2.29. The molecule has 0 unspecified atom stereocenters. The zero-order valence-corrected chi connectivity index (χ0v) is 15.4. The van der Waals surface area contributed by atoms with Crippen LogP contribution in [-0.2, 0) is 20.1 Å². The Bertz CT molecular complexity index is 1350. The fourth-order valence-electron chi connectivity index (χ4n) is 3.60. The molecule has 0 saturated heterocycles. The first-order valence-electron chi connectivity index (χ1n) is 9.95. The normalized spacial score (nSPS) is 16.1. The number of aromatic nitrogens is 3. The van der Waals surface area contributed by atoms with Crippen LogP contribution in [0.15, 0.2) is 54.9 Å². The lowest BCUT2D eigenvalue weighted by molar-refractivity contribution is 0.0763. The Morgan fingerprint density at radius 3 is 2.66 bits per heavy atom. The summed E-state index contributed by atoms with van der Waals surface area (Å²) in [5, 5.41) is 4.95. The van der Waals surface area contributed by atoms with Crippen molar-refractivity contribution < 1.29 is 16.3 Å². The molecule has 5 nitrogen and oxygen atoms in total. The minimum Gasteiger partial charge on any atom is -0.328 e. The molecule has 0 N–H and O–H groups in total. The molecule has 7 heteroatoms. The zero-order chi connectivity index (χ0) is 21.9. The molecule has 1 aliphatic heterocycles. The van der Waals surface area contributed by atoms with Crippen molar-refractivity contribution in [2.75, 3.05) is 0 Å². The lowest BCUT2D eigenvalue weighted by Gasteiger charge is -2.17.